The molecule has 5 rings (SSSR count). The topological polar surface area (TPSA) is 55.8 Å². The van der Waals surface area contributed by atoms with Crippen LogP contribution in [-0.2, 0) is 24.2 Å². The first-order chi connectivity index (χ1) is 16.1. The number of likely N-dealkylation sites (N-methyl/N-ethyl adjacent to an activating group) is 1. The highest BCUT2D eigenvalue weighted by atomic mass is 16.2. The van der Waals surface area contributed by atoms with Crippen molar-refractivity contribution in [3.8, 4) is 0 Å². The molecular formula is C26H36N6O. The van der Waals surface area contributed by atoms with Crippen molar-refractivity contribution < 1.29 is 4.79 Å². The van der Waals surface area contributed by atoms with Gasteiger partial charge in [-0.3, -0.25) is 4.79 Å². The molecule has 0 saturated carbocycles. The fraction of sp³-hybridized carbons (Fsp3) is 0.577. The number of carbonyl (C=O) groups is 1. The number of hydrogen-bond acceptors (Lipinski definition) is 6. The van der Waals surface area contributed by atoms with Gasteiger partial charge in [0.2, 0.25) is 11.9 Å². The van der Waals surface area contributed by atoms with Gasteiger partial charge >= 0.3 is 0 Å². The van der Waals surface area contributed by atoms with Crippen LogP contribution >= 0.6 is 0 Å². The first kappa shape index (κ1) is 22.1. The van der Waals surface area contributed by atoms with E-state index in [-0.39, 0.29) is 5.91 Å². The summed E-state index contributed by atoms with van der Waals surface area (Å²) in [6, 6.07) is 10.0. The third-order valence-corrected chi connectivity index (χ3v) is 7.45. The number of fused-ring (bicyclic) bond motifs is 1. The molecule has 3 aliphatic rings. The summed E-state index contributed by atoms with van der Waals surface area (Å²) in [6.45, 7) is 9.76. The second-order valence-electron chi connectivity index (χ2n) is 9.96. The van der Waals surface area contributed by atoms with E-state index in [9.17, 15) is 4.79 Å². The molecule has 1 aromatic heterocycles. The quantitative estimate of drug-likeness (QED) is 0.717. The van der Waals surface area contributed by atoms with Gasteiger partial charge in [0.15, 0.2) is 0 Å². The first-order valence-corrected chi connectivity index (χ1v) is 12.5. The number of hydrogen-bond donors (Lipinski definition) is 0. The number of amides is 1. The molecule has 0 spiro atoms. The largest absolute Gasteiger partial charge is 0.356 e. The minimum absolute atomic E-state index is 0.188. The predicted octanol–water partition coefficient (Wildman–Crippen LogP) is 2.59. The number of rotatable bonds is 4. The lowest BCUT2D eigenvalue weighted by molar-refractivity contribution is -0.131. The Morgan fingerprint density at radius 3 is 2.39 bits per heavy atom. The number of piperazine rings is 1. The third-order valence-electron chi connectivity index (χ3n) is 7.45. The Bertz CT molecular complexity index is 964. The molecule has 0 aliphatic carbocycles. The van der Waals surface area contributed by atoms with Crippen molar-refractivity contribution in [2.75, 3.05) is 62.7 Å². The number of carbonyl (C=O) groups excluding carboxylic acids is 1. The van der Waals surface area contributed by atoms with E-state index in [1.54, 1.807) is 0 Å². The summed E-state index contributed by atoms with van der Waals surface area (Å²) in [5.74, 6) is 2.89. The van der Waals surface area contributed by atoms with E-state index < -0.39 is 0 Å². The van der Waals surface area contributed by atoms with Crippen molar-refractivity contribution in [2.45, 2.75) is 39.2 Å². The van der Waals surface area contributed by atoms with E-state index in [1.807, 2.05) is 35.2 Å². The summed E-state index contributed by atoms with van der Waals surface area (Å²) in [6.07, 6.45) is 3.64. The Morgan fingerprint density at radius 2 is 1.67 bits per heavy atom. The molecule has 1 aromatic carbocycles. The van der Waals surface area contributed by atoms with Gasteiger partial charge in [0.25, 0.3) is 0 Å². The molecule has 7 heteroatoms. The normalized spacial score (nSPS) is 20.1. The van der Waals surface area contributed by atoms with Gasteiger partial charge in [-0.2, -0.15) is 4.98 Å². The molecule has 2 aromatic rings. The molecule has 176 valence electrons. The number of benzene rings is 1. The maximum atomic E-state index is 13.1. The fourth-order valence-electron chi connectivity index (χ4n) is 5.11. The van der Waals surface area contributed by atoms with E-state index in [2.05, 4.69) is 28.7 Å². The molecule has 2 saturated heterocycles. The van der Waals surface area contributed by atoms with Crippen molar-refractivity contribution in [2.24, 2.45) is 5.92 Å². The SMILES string of the molecule is CC1CCN(c2nc(N3CCN(C)CC3)nc3c2CN(C(=O)Cc2ccccc2)CC3)CC1. The van der Waals surface area contributed by atoms with Crippen LogP contribution in [0.4, 0.5) is 11.8 Å². The molecule has 0 unspecified atom stereocenters. The molecule has 0 radical (unpaired) electrons. The van der Waals surface area contributed by atoms with Gasteiger partial charge in [-0.15, -0.1) is 0 Å². The average molecular weight is 449 g/mol. The Balaban J connectivity index is 1.41. The number of aromatic nitrogens is 2. The monoisotopic (exact) mass is 448 g/mol. The van der Waals surface area contributed by atoms with E-state index in [0.717, 1.165) is 86.7 Å². The first-order valence-electron chi connectivity index (χ1n) is 12.5. The highest BCUT2D eigenvalue weighted by molar-refractivity contribution is 5.79. The molecule has 0 N–H and O–H groups in total. The van der Waals surface area contributed by atoms with Gasteiger partial charge < -0.3 is 19.6 Å². The van der Waals surface area contributed by atoms with E-state index >= 15 is 0 Å². The second-order valence-corrected chi connectivity index (χ2v) is 9.96. The minimum atomic E-state index is 0.188. The molecule has 2 fully saturated rings. The zero-order valence-electron chi connectivity index (χ0n) is 20.0. The minimum Gasteiger partial charge on any atom is -0.356 e. The van der Waals surface area contributed by atoms with Crippen LogP contribution in [0, 0.1) is 5.92 Å². The Morgan fingerprint density at radius 1 is 0.939 bits per heavy atom. The van der Waals surface area contributed by atoms with Gasteiger partial charge in [0.05, 0.1) is 18.7 Å². The smallest absolute Gasteiger partial charge is 0.227 e. The summed E-state index contributed by atoms with van der Waals surface area (Å²) in [5.41, 5.74) is 3.37. The Hall–Kier alpha value is -2.67. The molecule has 7 nitrogen and oxygen atoms in total. The maximum Gasteiger partial charge on any atom is 0.227 e. The summed E-state index contributed by atoms with van der Waals surface area (Å²) < 4.78 is 0. The van der Waals surface area contributed by atoms with Crippen LogP contribution < -0.4 is 9.80 Å². The summed E-state index contributed by atoms with van der Waals surface area (Å²) in [5, 5.41) is 0. The van der Waals surface area contributed by atoms with Gasteiger partial charge in [0, 0.05) is 57.8 Å². The predicted molar refractivity (Wildman–Crippen MR) is 132 cm³/mol. The third kappa shape index (κ3) is 4.98. The molecular weight excluding hydrogens is 412 g/mol. The number of piperidine rings is 1. The Labute approximate surface area is 197 Å². The standard InChI is InChI=1S/C26H36N6O/c1-20-8-11-30(12-9-20)25-22-19-32(24(33)18-21-6-4-3-5-7-21)13-10-23(22)27-26(28-25)31-16-14-29(2)15-17-31/h3-7,20H,8-19H2,1-2H3. The van der Waals surface area contributed by atoms with Crippen LogP contribution in [-0.4, -0.2) is 78.5 Å². The fourth-order valence-corrected chi connectivity index (χ4v) is 5.11. The van der Waals surface area contributed by atoms with Crippen molar-refractivity contribution in [1.29, 1.82) is 0 Å². The van der Waals surface area contributed by atoms with E-state index in [1.165, 1.54) is 12.8 Å². The number of anilines is 2. The van der Waals surface area contributed by atoms with Crippen LogP contribution in [0.3, 0.4) is 0 Å². The lowest BCUT2D eigenvalue weighted by Gasteiger charge is -2.38. The molecule has 0 bridgehead atoms. The van der Waals surface area contributed by atoms with Crippen molar-refractivity contribution >= 4 is 17.7 Å². The second kappa shape index (κ2) is 9.67. The highest BCUT2D eigenvalue weighted by Gasteiger charge is 2.30. The average Bonchev–Trinajstić information content (AvgIpc) is 2.84. The van der Waals surface area contributed by atoms with Crippen molar-refractivity contribution in [1.82, 2.24) is 19.8 Å². The zero-order chi connectivity index (χ0) is 22.8. The summed E-state index contributed by atoms with van der Waals surface area (Å²) >= 11 is 0. The van der Waals surface area contributed by atoms with Gasteiger partial charge in [-0.05, 0) is 31.4 Å². The molecule has 3 aliphatic heterocycles. The Kier molecular flexibility index (Phi) is 6.49. The lowest BCUT2D eigenvalue weighted by Crippen LogP contribution is -2.46. The summed E-state index contributed by atoms with van der Waals surface area (Å²) in [4.78, 5) is 32.4. The molecule has 33 heavy (non-hydrogen) atoms. The summed E-state index contributed by atoms with van der Waals surface area (Å²) in [7, 11) is 2.17. The van der Waals surface area contributed by atoms with Crippen LogP contribution in [0.15, 0.2) is 30.3 Å². The van der Waals surface area contributed by atoms with Crippen molar-refractivity contribution in [3.05, 3.63) is 47.2 Å². The van der Waals surface area contributed by atoms with Gasteiger partial charge in [0.1, 0.15) is 5.82 Å². The highest BCUT2D eigenvalue weighted by Crippen LogP contribution is 2.32. The van der Waals surface area contributed by atoms with Crippen LogP contribution in [0.25, 0.3) is 0 Å². The van der Waals surface area contributed by atoms with Crippen LogP contribution in [0.2, 0.25) is 0 Å². The molecule has 4 heterocycles. The molecule has 0 atom stereocenters. The van der Waals surface area contributed by atoms with Crippen LogP contribution in [0.1, 0.15) is 36.6 Å². The van der Waals surface area contributed by atoms with Gasteiger partial charge in [-0.1, -0.05) is 37.3 Å². The van der Waals surface area contributed by atoms with Crippen molar-refractivity contribution in [3.63, 3.8) is 0 Å². The maximum absolute atomic E-state index is 13.1. The van der Waals surface area contributed by atoms with E-state index in [4.69, 9.17) is 9.97 Å². The molecule has 1 amide bonds. The van der Waals surface area contributed by atoms with Gasteiger partial charge in [-0.25, -0.2) is 4.98 Å². The van der Waals surface area contributed by atoms with E-state index in [0.29, 0.717) is 13.0 Å². The lowest BCUT2D eigenvalue weighted by atomic mass is 9.98. The zero-order valence-corrected chi connectivity index (χ0v) is 20.0. The number of nitrogens with zero attached hydrogens (tertiary/aromatic N) is 6. The van der Waals surface area contributed by atoms with Crippen LogP contribution in [0.5, 0.6) is 0 Å².